The number of hydrogen-bond donors (Lipinski definition) is 2. The van der Waals surface area contributed by atoms with Crippen molar-refractivity contribution in [3.8, 4) is 0 Å². The second-order valence-corrected chi connectivity index (χ2v) is 5.79. The van der Waals surface area contributed by atoms with E-state index in [2.05, 4.69) is 5.32 Å². The maximum absolute atomic E-state index is 12.5. The number of esters is 2. The number of anilines is 1. The minimum absolute atomic E-state index is 0.0753. The number of aliphatic hydroxyl groups excluding tert-OH is 1. The molecule has 0 radical (unpaired) electrons. The van der Waals surface area contributed by atoms with Gasteiger partial charge in [-0.3, -0.25) is 9.59 Å². The van der Waals surface area contributed by atoms with E-state index in [1.165, 1.54) is 19.1 Å². The lowest BCUT2D eigenvalue weighted by atomic mass is 10.0. The molecular weight excluding hydrogens is 340 g/mol. The summed E-state index contributed by atoms with van der Waals surface area (Å²) in [6.45, 7) is 1.74. The van der Waals surface area contributed by atoms with Gasteiger partial charge in [-0.05, 0) is 24.6 Å². The third-order valence-corrected chi connectivity index (χ3v) is 4.19. The standard InChI is InChI=1S/C18H22N2O6/c1-11(17(23)25-2)12-4-6-13(7-5-12)19-15-14(18(24)26-3)10-20(8-9-21)16(15)22/h4-7,11,19,21H,8-10H2,1-3H3. The molecule has 1 aliphatic rings. The van der Waals surface area contributed by atoms with Crippen molar-refractivity contribution >= 4 is 23.5 Å². The molecule has 1 unspecified atom stereocenters. The summed E-state index contributed by atoms with van der Waals surface area (Å²) in [5, 5.41) is 12.0. The van der Waals surface area contributed by atoms with E-state index in [1.807, 2.05) is 0 Å². The van der Waals surface area contributed by atoms with Gasteiger partial charge in [0.1, 0.15) is 5.70 Å². The highest BCUT2D eigenvalue weighted by Crippen LogP contribution is 2.24. The maximum Gasteiger partial charge on any atom is 0.337 e. The molecular formula is C18H22N2O6. The first-order valence-corrected chi connectivity index (χ1v) is 8.09. The molecule has 1 heterocycles. The fourth-order valence-corrected chi connectivity index (χ4v) is 2.66. The quantitative estimate of drug-likeness (QED) is 0.686. The molecule has 140 valence electrons. The minimum Gasteiger partial charge on any atom is -0.469 e. The molecule has 26 heavy (non-hydrogen) atoms. The van der Waals surface area contributed by atoms with Gasteiger partial charge in [-0.2, -0.15) is 0 Å². The van der Waals surface area contributed by atoms with Gasteiger partial charge in [0.25, 0.3) is 5.91 Å². The van der Waals surface area contributed by atoms with E-state index in [0.29, 0.717) is 5.69 Å². The predicted molar refractivity (Wildman–Crippen MR) is 93.2 cm³/mol. The van der Waals surface area contributed by atoms with Crippen LogP contribution in [0.15, 0.2) is 35.5 Å². The third-order valence-electron chi connectivity index (χ3n) is 4.19. The number of benzene rings is 1. The smallest absolute Gasteiger partial charge is 0.337 e. The zero-order valence-electron chi connectivity index (χ0n) is 14.9. The first kappa shape index (κ1) is 19.5. The number of carbonyl (C=O) groups excluding carboxylic acids is 3. The maximum atomic E-state index is 12.5. The summed E-state index contributed by atoms with van der Waals surface area (Å²) in [7, 11) is 2.58. The zero-order valence-corrected chi connectivity index (χ0v) is 14.9. The van der Waals surface area contributed by atoms with Crippen LogP contribution in [0.25, 0.3) is 0 Å². The van der Waals surface area contributed by atoms with Crippen LogP contribution >= 0.6 is 0 Å². The largest absolute Gasteiger partial charge is 0.469 e. The Morgan fingerprint density at radius 2 is 1.88 bits per heavy atom. The van der Waals surface area contributed by atoms with Crippen LogP contribution in [0.4, 0.5) is 5.69 Å². The van der Waals surface area contributed by atoms with Crippen molar-refractivity contribution in [2.24, 2.45) is 0 Å². The summed E-state index contributed by atoms with van der Waals surface area (Å²) in [6.07, 6.45) is 0. The molecule has 0 saturated carbocycles. The molecule has 1 atom stereocenters. The Morgan fingerprint density at radius 3 is 2.42 bits per heavy atom. The van der Waals surface area contributed by atoms with Crippen molar-refractivity contribution in [2.45, 2.75) is 12.8 Å². The number of hydrogen-bond acceptors (Lipinski definition) is 7. The lowest BCUT2D eigenvalue weighted by Crippen LogP contribution is -2.31. The lowest BCUT2D eigenvalue weighted by molar-refractivity contribution is -0.142. The first-order chi connectivity index (χ1) is 12.4. The van der Waals surface area contributed by atoms with Crippen LogP contribution in [0.1, 0.15) is 18.4 Å². The van der Waals surface area contributed by atoms with Crippen LogP contribution in [-0.4, -0.2) is 61.8 Å². The van der Waals surface area contributed by atoms with E-state index in [0.717, 1.165) is 5.56 Å². The van der Waals surface area contributed by atoms with Crippen LogP contribution in [0.2, 0.25) is 0 Å². The average Bonchev–Trinajstić information content (AvgIpc) is 2.96. The Hall–Kier alpha value is -2.87. The Kier molecular flexibility index (Phi) is 6.35. The molecule has 0 aliphatic carbocycles. The number of nitrogens with zero attached hydrogens (tertiary/aromatic N) is 1. The molecule has 2 rings (SSSR count). The number of rotatable bonds is 7. The second-order valence-electron chi connectivity index (χ2n) is 5.79. The van der Waals surface area contributed by atoms with Gasteiger partial charge in [0.2, 0.25) is 0 Å². The van der Waals surface area contributed by atoms with Crippen molar-refractivity contribution in [2.75, 3.05) is 39.2 Å². The van der Waals surface area contributed by atoms with Gasteiger partial charge in [-0.1, -0.05) is 12.1 Å². The molecule has 8 heteroatoms. The van der Waals surface area contributed by atoms with Crippen LogP contribution in [0, 0.1) is 0 Å². The van der Waals surface area contributed by atoms with E-state index >= 15 is 0 Å². The molecule has 1 aromatic rings. The van der Waals surface area contributed by atoms with Crippen molar-refractivity contribution in [1.82, 2.24) is 4.90 Å². The topological polar surface area (TPSA) is 105 Å². The number of nitrogens with one attached hydrogen (secondary N) is 1. The van der Waals surface area contributed by atoms with E-state index in [-0.39, 0.29) is 42.8 Å². The van der Waals surface area contributed by atoms with E-state index < -0.39 is 11.9 Å². The zero-order chi connectivity index (χ0) is 19.3. The summed E-state index contributed by atoms with van der Waals surface area (Å²) in [5.41, 5.74) is 1.68. The van der Waals surface area contributed by atoms with Gasteiger partial charge in [0, 0.05) is 12.2 Å². The van der Waals surface area contributed by atoms with Crippen molar-refractivity contribution in [3.05, 3.63) is 41.1 Å². The number of methoxy groups -OCH3 is 2. The van der Waals surface area contributed by atoms with E-state index in [4.69, 9.17) is 14.6 Å². The highest BCUT2D eigenvalue weighted by atomic mass is 16.5. The Balaban J connectivity index is 2.22. The van der Waals surface area contributed by atoms with Crippen molar-refractivity contribution < 1.29 is 29.0 Å². The van der Waals surface area contributed by atoms with Crippen LogP contribution in [0.5, 0.6) is 0 Å². The third kappa shape index (κ3) is 4.02. The molecule has 1 aliphatic heterocycles. The number of amides is 1. The Bertz CT molecular complexity index is 726. The van der Waals surface area contributed by atoms with Crippen LogP contribution in [-0.2, 0) is 23.9 Å². The molecule has 8 nitrogen and oxygen atoms in total. The average molecular weight is 362 g/mol. The summed E-state index contributed by atoms with van der Waals surface area (Å²) in [5.74, 6) is -1.73. The molecule has 1 aromatic carbocycles. The Morgan fingerprint density at radius 1 is 1.23 bits per heavy atom. The van der Waals surface area contributed by atoms with E-state index in [9.17, 15) is 14.4 Å². The second kappa shape index (κ2) is 8.48. The summed E-state index contributed by atoms with van der Waals surface area (Å²) in [6, 6.07) is 6.90. The monoisotopic (exact) mass is 362 g/mol. The lowest BCUT2D eigenvalue weighted by Gasteiger charge is -2.15. The molecule has 2 N–H and O–H groups in total. The highest BCUT2D eigenvalue weighted by Gasteiger charge is 2.34. The van der Waals surface area contributed by atoms with Crippen molar-refractivity contribution in [1.29, 1.82) is 0 Å². The molecule has 0 aromatic heterocycles. The normalized spacial score (nSPS) is 15.1. The summed E-state index contributed by atoms with van der Waals surface area (Å²) in [4.78, 5) is 37.4. The number of aliphatic hydroxyl groups is 1. The van der Waals surface area contributed by atoms with Crippen molar-refractivity contribution in [3.63, 3.8) is 0 Å². The Labute approximate surface area is 151 Å². The molecule has 0 saturated heterocycles. The van der Waals surface area contributed by atoms with E-state index in [1.54, 1.807) is 31.2 Å². The molecule has 0 bridgehead atoms. The summed E-state index contributed by atoms with van der Waals surface area (Å²) >= 11 is 0. The number of β-amino-alcohol motifs (C(OH)–C–C–N with tert-alkyl or cyclic N) is 1. The van der Waals surface area contributed by atoms with Gasteiger partial charge < -0.3 is 24.8 Å². The minimum atomic E-state index is -0.600. The number of carbonyl (C=O) groups is 3. The number of ether oxygens (including phenoxy) is 2. The SMILES string of the molecule is COC(=O)C1=C(Nc2ccc(C(C)C(=O)OC)cc2)C(=O)N(CCO)C1. The first-order valence-electron chi connectivity index (χ1n) is 8.09. The molecule has 1 amide bonds. The molecule has 0 spiro atoms. The van der Waals surface area contributed by atoms with Gasteiger partial charge in [-0.25, -0.2) is 4.79 Å². The van der Waals surface area contributed by atoms with Crippen LogP contribution in [0.3, 0.4) is 0 Å². The van der Waals surface area contributed by atoms with Gasteiger partial charge >= 0.3 is 11.9 Å². The van der Waals surface area contributed by atoms with Gasteiger partial charge in [0.15, 0.2) is 0 Å². The highest BCUT2D eigenvalue weighted by molar-refractivity contribution is 6.08. The fourth-order valence-electron chi connectivity index (χ4n) is 2.66. The molecule has 0 fully saturated rings. The fraction of sp³-hybridized carbons (Fsp3) is 0.389. The van der Waals surface area contributed by atoms with Gasteiger partial charge in [-0.15, -0.1) is 0 Å². The van der Waals surface area contributed by atoms with Gasteiger partial charge in [0.05, 0.1) is 38.9 Å². The van der Waals surface area contributed by atoms with Crippen LogP contribution < -0.4 is 5.32 Å². The summed E-state index contributed by atoms with van der Waals surface area (Å²) < 4.78 is 9.46. The predicted octanol–water partition coefficient (Wildman–Crippen LogP) is 0.637.